The van der Waals surface area contributed by atoms with Crippen LogP contribution in [-0.2, 0) is 0 Å². The minimum atomic E-state index is -0.973. The zero-order valence-corrected chi connectivity index (χ0v) is 14.2. The Hall–Kier alpha value is -3.53. The number of carboxylic acids is 1. The van der Waals surface area contributed by atoms with Crippen molar-refractivity contribution in [1.29, 1.82) is 0 Å². The van der Waals surface area contributed by atoms with Crippen LogP contribution < -0.4 is 19.9 Å². The number of rotatable bonds is 3. The Morgan fingerprint density at radius 2 is 1.81 bits per heavy atom. The molecule has 0 fully saturated rings. The van der Waals surface area contributed by atoms with E-state index in [-0.39, 0.29) is 5.56 Å². The Morgan fingerprint density at radius 3 is 2.58 bits per heavy atom. The first kappa shape index (κ1) is 16.0. The molecular weight excluding hydrogens is 328 g/mol. The van der Waals surface area contributed by atoms with Crippen LogP contribution in [0.25, 0.3) is 12.2 Å². The summed E-state index contributed by atoms with van der Waals surface area (Å²) in [5, 5.41) is 11.3. The molecule has 4 rings (SSSR count). The van der Waals surface area contributed by atoms with E-state index in [1.807, 2.05) is 48.5 Å². The summed E-state index contributed by atoms with van der Waals surface area (Å²) in [5.74, 6) is 1.01. The summed E-state index contributed by atoms with van der Waals surface area (Å²) in [5.41, 5.74) is 2.47. The number of benzene rings is 3. The zero-order valence-electron chi connectivity index (χ0n) is 14.2. The number of hydrogen-bond donors (Lipinski definition) is 1. The molecule has 1 heterocycles. The van der Waals surface area contributed by atoms with Crippen LogP contribution in [0.15, 0.2) is 60.7 Å². The van der Waals surface area contributed by atoms with Gasteiger partial charge < -0.3 is 14.6 Å². The fraction of sp³-hybridized carbons (Fsp3) is 0.0455. The minimum absolute atomic E-state index is 0.239. The highest BCUT2D eigenvalue weighted by Crippen LogP contribution is 2.38. The molecule has 0 saturated heterocycles. The van der Waals surface area contributed by atoms with Gasteiger partial charge in [-0.05, 0) is 41.1 Å². The molecule has 1 aliphatic heterocycles. The molecule has 0 unspecified atom stereocenters. The van der Waals surface area contributed by atoms with E-state index in [9.17, 15) is 9.90 Å². The van der Waals surface area contributed by atoms with E-state index in [2.05, 4.69) is 6.58 Å². The molecule has 0 radical (unpaired) electrons. The van der Waals surface area contributed by atoms with E-state index >= 15 is 0 Å². The Kier molecular flexibility index (Phi) is 3.73. The summed E-state index contributed by atoms with van der Waals surface area (Å²) >= 11 is 0. The van der Waals surface area contributed by atoms with Crippen molar-refractivity contribution < 1.29 is 19.4 Å². The van der Waals surface area contributed by atoms with E-state index in [0.29, 0.717) is 22.8 Å². The third-order valence-electron chi connectivity index (χ3n) is 4.42. The van der Waals surface area contributed by atoms with Gasteiger partial charge in [-0.15, -0.1) is 0 Å². The van der Waals surface area contributed by atoms with E-state index in [4.69, 9.17) is 9.47 Å². The Bertz CT molecular complexity index is 1150. The molecule has 0 saturated carbocycles. The van der Waals surface area contributed by atoms with Crippen molar-refractivity contribution in [3.8, 4) is 17.2 Å². The number of fused-ring (bicyclic) bond motifs is 2. The maximum Gasteiger partial charge on any atom is 0.336 e. The smallest absolute Gasteiger partial charge is 0.336 e. The van der Waals surface area contributed by atoms with Gasteiger partial charge >= 0.3 is 5.97 Å². The second kappa shape index (κ2) is 6.08. The maximum atomic E-state index is 11.8. The summed E-state index contributed by atoms with van der Waals surface area (Å²) in [6, 6.07) is 18.1. The molecule has 128 valence electrons. The van der Waals surface area contributed by atoms with E-state index < -0.39 is 5.97 Å². The molecule has 0 aromatic heterocycles. The van der Waals surface area contributed by atoms with Crippen molar-refractivity contribution in [3.05, 3.63) is 87.8 Å². The highest BCUT2D eigenvalue weighted by Gasteiger charge is 2.23. The van der Waals surface area contributed by atoms with Gasteiger partial charge in [-0.3, -0.25) is 0 Å². The van der Waals surface area contributed by atoms with Crippen molar-refractivity contribution in [2.24, 2.45) is 0 Å². The van der Waals surface area contributed by atoms with E-state index in [1.54, 1.807) is 19.2 Å². The van der Waals surface area contributed by atoms with Gasteiger partial charge in [0.05, 0.1) is 12.7 Å². The summed E-state index contributed by atoms with van der Waals surface area (Å²) in [4.78, 5) is 11.8. The molecule has 0 spiro atoms. The topological polar surface area (TPSA) is 55.8 Å². The predicted octanol–water partition coefficient (Wildman–Crippen LogP) is 3.16. The van der Waals surface area contributed by atoms with Gasteiger partial charge in [0.2, 0.25) is 0 Å². The number of carboxylic acid groups (broad SMARTS) is 1. The van der Waals surface area contributed by atoms with Crippen LogP contribution in [0.5, 0.6) is 17.2 Å². The van der Waals surface area contributed by atoms with Gasteiger partial charge in [-0.1, -0.05) is 36.9 Å². The lowest BCUT2D eigenvalue weighted by Crippen LogP contribution is -2.20. The molecule has 1 aliphatic rings. The number of ether oxygens (including phenoxy) is 2. The Morgan fingerprint density at radius 1 is 1.00 bits per heavy atom. The molecule has 4 heteroatoms. The fourth-order valence-electron chi connectivity index (χ4n) is 3.22. The second-order valence-electron chi connectivity index (χ2n) is 6.02. The third-order valence-corrected chi connectivity index (χ3v) is 4.42. The molecule has 4 nitrogen and oxygen atoms in total. The van der Waals surface area contributed by atoms with Gasteiger partial charge in [0, 0.05) is 16.4 Å². The molecule has 0 bridgehead atoms. The molecule has 26 heavy (non-hydrogen) atoms. The predicted molar refractivity (Wildman–Crippen MR) is 99.3 cm³/mol. The summed E-state index contributed by atoms with van der Waals surface area (Å²) in [6.45, 7) is 3.95. The summed E-state index contributed by atoms with van der Waals surface area (Å²) < 4.78 is 11.4. The molecule has 0 amide bonds. The molecule has 3 aromatic carbocycles. The quantitative estimate of drug-likeness (QED) is 0.620. The van der Waals surface area contributed by atoms with E-state index in [1.165, 1.54) is 0 Å². The fourth-order valence-corrected chi connectivity index (χ4v) is 3.22. The van der Waals surface area contributed by atoms with Crippen LogP contribution in [-0.4, -0.2) is 18.2 Å². The second-order valence-corrected chi connectivity index (χ2v) is 6.02. The van der Waals surface area contributed by atoms with Crippen molar-refractivity contribution >= 4 is 18.1 Å². The van der Waals surface area contributed by atoms with Crippen molar-refractivity contribution in [1.82, 2.24) is 0 Å². The minimum Gasteiger partial charge on any atom is -0.497 e. The Labute approximate surface area is 150 Å². The normalized spacial score (nSPS) is 12.0. The molecular formula is C22H16O4. The summed E-state index contributed by atoms with van der Waals surface area (Å²) in [6.07, 6.45) is 0. The monoisotopic (exact) mass is 344 g/mol. The lowest BCUT2D eigenvalue weighted by atomic mass is 9.89. The van der Waals surface area contributed by atoms with E-state index in [0.717, 1.165) is 21.6 Å². The maximum absolute atomic E-state index is 11.8. The van der Waals surface area contributed by atoms with Gasteiger partial charge in [0.25, 0.3) is 0 Å². The third kappa shape index (κ3) is 2.52. The first-order chi connectivity index (χ1) is 12.6. The van der Waals surface area contributed by atoms with Gasteiger partial charge in [-0.25, -0.2) is 4.79 Å². The Balaban J connectivity index is 2.15. The van der Waals surface area contributed by atoms with Crippen LogP contribution in [0.3, 0.4) is 0 Å². The van der Waals surface area contributed by atoms with Crippen molar-refractivity contribution in [2.75, 3.05) is 7.11 Å². The van der Waals surface area contributed by atoms with Crippen LogP contribution in [0.1, 0.15) is 21.5 Å². The standard InChI is InChI=1S/C22H16O4/c1-13-7-9-17-20(11-13)26-19-10-8-14(25-2)12-18(19)21(17)15-5-3-4-6-16(15)22(23)24/h3-12H,1H2,2H3,(H,23,24). The van der Waals surface area contributed by atoms with Crippen LogP contribution in [0.2, 0.25) is 0 Å². The molecule has 0 atom stereocenters. The lowest BCUT2D eigenvalue weighted by molar-refractivity contribution is 0.0696. The number of carbonyl (C=O) groups is 1. The first-order valence-corrected chi connectivity index (χ1v) is 8.11. The number of aromatic carboxylic acids is 1. The molecule has 3 aromatic rings. The van der Waals surface area contributed by atoms with Gasteiger partial charge in [0.1, 0.15) is 17.2 Å². The van der Waals surface area contributed by atoms with Crippen molar-refractivity contribution in [2.45, 2.75) is 0 Å². The molecule has 1 N–H and O–H groups in total. The number of methoxy groups -OCH3 is 1. The average molecular weight is 344 g/mol. The van der Waals surface area contributed by atoms with Crippen LogP contribution >= 0.6 is 0 Å². The van der Waals surface area contributed by atoms with Gasteiger partial charge in [0.15, 0.2) is 0 Å². The SMILES string of the molecule is C=c1ccc2c(c1)Oc1ccc(OC)cc1C=2c1ccccc1C(=O)O. The van der Waals surface area contributed by atoms with Crippen LogP contribution in [0, 0.1) is 0 Å². The molecule has 0 aliphatic carbocycles. The largest absolute Gasteiger partial charge is 0.497 e. The lowest BCUT2D eigenvalue weighted by Gasteiger charge is -2.22. The highest BCUT2D eigenvalue weighted by molar-refractivity contribution is 5.98. The highest BCUT2D eigenvalue weighted by atomic mass is 16.5. The number of hydrogen-bond acceptors (Lipinski definition) is 3. The zero-order chi connectivity index (χ0) is 18.3. The average Bonchev–Trinajstić information content (AvgIpc) is 2.65. The van der Waals surface area contributed by atoms with Crippen LogP contribution in [0.4, 0.5) is 0 Å². The first-order valence-electron chi connectivity index (χ1n) is 8.11. The van der Waals surface area contributed by atoms with Crippen molar-refractivity contribution in [3.63, 3.8) is 0 Å². The summed E-state index contributed by atoms with van der Waals surface area (Å²) in [7, 11) is 1.60. The van der Waals surface area contributed by atoms with Gasteiger partial charge in [-0.2, -0.15) is 0 Å².